The summed E-state index contributed by atoms with van der Waals surface area (Å²) >= 11 is 7.11. The molecule has 14 heteroatoms. The van der Waals surface area contributed by atoms with Crippen LogP contribution in [0.3, 0.4) is 0 Å². The molecule has 0 aliphatic heterocycles. The lowest BCUT2D eigenvalue weighted by atomic mass is 10.2. The van der Waals surface area contributed by atoms with E-state index in [-0.39, 0.29) is 22.2 Å². The summed E-state index contributed by atoms with van der Waals surface area (Å²) in [5.74, 6) is -0.0223. The fourth-order valence-electron chi connectivity index (χ4n) is 3.18. The van der Waals surface area contributed by atoms with Gasteiger partial charge in [0.25, 0.3) is 11.6 Å². The summed E-state index contributed by atoms with van der Waals surface area (Å²) in [6.07, 6.45) is 0. The number of amides is 2. The van der Waals surface area contributed by atoms with Crippen LogP contribution in [0.2, 0.25) is 5.02 Å². The maximum Gasteiger partial charge on any atom is 0.271 e. The molecule has 1 aromatic heterocycles. The Morgan fingerprint density at radius 1 is 1.25 bits per heavy atom. The molecule has 0 fully saturated rings. The molecule has 0 saturated carbocycles. The van der Waals surface area contributed by atoms with Crippen molar-refractivity contribution in [2.45, 2.75) is 24.7 Å². The lowest BCUT2D eigenvalue weighted by Crippen LogP contribution is -2.32. The fraction of sp³-hybridized carbons (Fsp3) is 0.273. The van der Waals surface area contributed by atoms with Gasteiger partial charge in [-0.05, 0) is 37.3 Å². The molecule has 0 aliphatic carbocycles. The molecule has 2 amide bonds. The Bertz CT molecular complexity index is 1250. The van der Waals surface area contributed by atoms with Crippen LogP contribution in [-0.4, -0.2) is 56.1 Å². The van der Waals surface area contributed by atoms with Gasteiger partial charge in [0.2, 0.25) is 5.91 Å². The summed E-state index contributed by atoms with van der Waals surface area (Å²) in [6.45, 7) is 1.83. The number of aromatic nitrogens is 3. The molecule has 3 N–H and O–H groups in total. The van der Waals surface area contributed by atoms with E-state index in [1.165, 1.54) is 25.3 Å². The highest BCUT2D eigenvalue weighted by molar-refractivity contribution is 7.99. The van der Waals surface area contributed by atoms with Gasteiger partial charge < -0.3 is 25.0 Å². The van der Waals surface area contributed by atoms with Gasteiger partial charge >= 0.3 is 0 Å². The molecule has 3 rings (SSSR count). The minimum Gasteiger partial charge on any atom is -0.497 e. The molecule has 12 nitrogen and oxygen atoms in total. The number of anilines is 1. The third kappa shape index (κ3) is 6.50. The maximum absolute atomic E-state index is 12.6. The second kappa shape index (κ2) is 12.3. The maximum atomic E-state index is 12.6. The molecular weight excluding hydrogens is 512 g/mol. The Hall–Kier alpha value is -3.68. The molecule has 1 atom stereocenters. The molecule has 0 radical (unpaired) electrons. The van der Waals surface area contributed by atoms with Crippen LogP contribution < -0.4 is 15.4 Å². The van der Waals surface area contributed by atoms with E-state index in [4.69, 9.17) is 16.3 Å². The Balaban J connectivity index is 1.67. The third-order valence-corrected chi connectivity index (χ3v) is 6.28. The highest BCUT2D eigenvalue weighted by Gasteiger charge is 2.23. The highest BCUT2D eigenvalue weighted by Crippen LogP contribution is 2.27. The smallest absolute Gasteiger partial charge is 0.271 e. The molecule has 0 spiro atoms. The number of carbonyl (C=O) groups is 2. The van der Waals surface area contributed by atoms with Crippen LogP contribution in [0.15, 0.2) is 47.6 Å². The Labute approximate surface area is 215 Å². The van der Waals surface area contributed by atoms with Crippen molar-refractivity contribution in [3.05, 3.63) is 69.0 Å². The first-order valence-corrected chi connectivity index (χ1v) is 12.0. The van der Waals surface area contributed by atoms with E-state index in [9.17, 15) is 24.8 Å². The number of ether oxygens (including phenoxy) is 1. The normalized spacial score (nSPS) is 11.6. The van der Waals surface area contributed by atoms with Crippen molar-refractivity contribution in [1.29, 1.82) is 0 Å². The lowest BCUT2D eigenvalue weighted by Gasteiger charge is -2.17. The van der Waals surface area contributed by atoms with Crippen LogP contribution in [0.25, 0.3) is 0 Å². The summed E-state index contributed by atoms with van der Waals surface area (Å²) in [5, 5.41) is 34.9. The minimum atomic E-state index is -0.834. The van der Waals surface area contributed by atoms with Crippen molar-refractivity contribution in [1.82, 2.24) is 20.1 Å². The molecule has 0 bridgehead atoms. The quantitative estimate of drug-likeness (QED) is 0.191. The van der Waals surface area contributed by atoms with Gasteiger partial charge in [0.05, 0.1) is 35.1 Å². The van der Waals surface area contributed by atoms with Crippen LogP contribution in [0.5, 0.6) is 5.75 Å². The topological polar surface area (TPSA) is 162 Å². The number of methoxy groups -OCH3 is 1. The summed E-state index contributed by atoms with van der Waals surface area (Å²) in [6, 6.07) is 9.41. The SMILES string of the molecule is CCn1c(SCC(=O)Nc2cc([N+](=O)[O-])ccc2Cl)nnc1[C@H](CO)NC(=O)c1ccc(OC)cc1. The van der Waals surface area contributed by atoms with Crippen LogP contribution in [0, 0.1) is 10.1 Å². The molecule has 3 aromatic rings. The fourth-order valence-corrected chi connectivity index (χ4v) is 4.15. The number of nitrogens with zero attached hydrogens (tertiary/aromatic N) is 4. The van der Waals surface area contributed by atoms with Crippen molar-refractivity contribution in [3.8, 4) is 5.75 Å². The van der Waals surface area contributed by atoms with E-state index in [1.54, 1.807) is 28.8 Å². The summed E-state index contributed by atoms with van der Waals surface area (Å²) < 4.78 is 6.76. The number of nitrogens with one attached hydrogen (secondary N) is 2. The van der Waals surface area contributed by atoms with E-state index in [2.05, 4.69) is 20.8 Å². The first-order valence-electron chi connectivity index (χ1n) is 10.6. The van der Waals surface area contributed by atoms with E-state index in [0.717, 1.165) is 11.8 Å². The molecule has 36 heavy (non-hydrogen) atoms. The van der Waals surface area contributed by atoms with Crippen molar-refractivity contribution in [3.63, 3.8) is 0 Å². The van der Waals surface area contributed by atoms with E-state index in [0.29, 0.717) is 28.8 Å². The van der Waals surface area contributed by atoms with Gasteiger partial charge in [-0.2, -0.15) is 0 Å². The molecule has 190 valence electrons. The van der Waals surface area contributed by atoms with E-state index in [1.807, 2.05) is 6.92 Å². The van der Waals surface area contributed by atoms with Crippen molar-refractivity contribution >= 4 is 46.6 Å². The monoisotopic (exact) mass is 534 g/mol. The Kier molecular flexibility index (Phi) is 9.22. The van der Waals surface area contributed by atoms with Gasteiger partial charge in [-0.15, -0.1) is 10.2 Å². The molecule has 1 heterocycles. The molecule has 0 saturated heterocycles. The number of thioether (sulfide) groups is 1. The van der Waals surface area contributed by atoms with E-state index < -0.39 is 29.4 Å². The molecular formula is C22H23ClN6O6S. The average molecular weight is 535 g/mol. The predicted octanol–water partition coefficient (Wildman–Crippen LogP) is 3.06. The largest absolute Gasteiger partial charge is 0.497 e. The number of nitro groups is 1. The third-order valence-electron chi connectivity index (χ3n) is 4.98. The van der Waals surface area contributed by atoms with Crippen molar-refractivity contribution in [2.75, 3.05) is 24.8 Å². The van der Waals surface area contributed by atoms with Gasteiger partial charge in [-0.1, -0.05) is 23.4 Å². The molecule has 0 unspecified atom stereocenters. The first kappa shape index (κ1) is 26.9. The van der Waals surface area contributed by atoms with Crippen LogP contribution >= 0.6 is 23.4 Å². The molecule has 0 aliphatic rings. The van der Waals surface area contributed by atoms with Gasteiger partial charge in [-0.25, -0.2) is 0 Å². The number of aliphatic hydroxyl groups is 1. The second-order valence-corrected chi connectivity index (χ2v) is 8.63. The number of hydrogen-bond donors (Lipinski definition) is 3. The van der Waals surface area contributed by atoms with Gasteiger partial charge in [0, 0.05) is 24.2 Å². The number of halogens is 1. The number of rotatable bonds is 11. The lowest BCUT2D eigenvalue weighted by molar-refractivity contribution is -0.384. The molecule has 2 aromatic carbocycles. The standard InChI is InChI=1S/C22H23ClN6O6S/c1-3-28-20(18(11-30)25-21(32)13-4-7-15(35-2)8-5-13)26-27-22(28)36-12-19(31)24-17-10-14(29(33)34)6-9-16(17)23/h4-10,18,30H,3,11-12H2,1-2H3,(H,24,31)(H,25,32)/t18-/m0/s1. The predicted molar refractivity (Wildman–Crippen MR) is 133 cm³/mol. The number of aliphatic hydroxyl groups excluding tert-OH is 1. The number of nitro benzene ring substituents is 1. The van der Waals surface area contributed by atoms with Crippen LogP contribution in [-0.2, 0) is 11.3 Å². The van der Waals surface area contributed by atoms with Crippen LogP contribution in [0.4, 0.5) is 11.4 Å². The average Bonchev–Trinajstić information content (AvgIpc) is 3.29. The number of carbonyl (C=O) groups excluding carboxylic acids is 2. The summed E-state index contributed by atoms with van der Waals surface area (Å²) in [5.41, 5.74) is 0.294. The van der Waals surface area contributed by atoms with Crippen molar-refractivity contribution in [2.24, 2.45) is 0 Å². The number of non-ortho nitro benzene ring substituents is 1. The van der Waals surface area contributed by atoms with Crippen molar-refractivity contribution < 1.29 is 24.4 Å². The van der Waals surface area contributed by atoms with Crippen LogP contribution in [0.1, 0.15) is 29.1 Å². The number of hydrogen-bond acceptors (Lipinski definition) is 9. The highest BCUT2D eigenvalue weighted by atomic mass is 35.5. The second-order valence-electron chi connectivity index (χ2n) is 7.28. The summed E-state index contributed by atoms with van der Waals surface area (Å²) in [4.78, 5) is 35.5. The Morgan fingerprint density at radius 3 is 2.58 bits per heavy atom. The van der Waals surface area contributed by atoms with E-state index >= 15 is 0 Å². The van der Waals surface area contributed by atoms with Gasteiger partial charge in [0.1, 0.15) is 11.8 Å². The minimum absolute atomic E-state index is 0.0842. The zero-order valence-electron chi connectivity index (χ0n) is 19.3. The Morgan fingerprint density at radius 2 is 1.97 bits per heavy atom. The first-order chi connectivity index (χ1) is 17.3. The summed E-state index contributed by atoms with van der Waals surface area (Å²) in [7, 11) is 1.52. The number of benzene rings is 2. The van der Waals surface area contributed by atoms with Gasteiger partial charge in [-0.3, -0.25) is 19.7 Å². The zero-order chi connectivity index (χ0) is 26.2. The van der Waals surface area contributed by atoms with Gasteiger partial charge in [0.15, 0.2) is 11.0 Å². The zero-order valence-corrected chi connectivity index (χ0v) is 20.9.